The second-order valence-electron chi connectivity index (χ2n) is 7.66. The molecule has 3 unspecified atom stereocenters. The van der Waals surface area contributed by atoms with E-state index >= 15 is 0 Å². The van der Waals surface area contributed by atoms with Gasteiger partial charge in [-0.25, -0.2) is 0 Å². The first-order chi connectivity index (χ1) is 8.64. The zero-order valence-electron chi connectivity index (χ0n) is 12.3. The van der Waals surface area contributed by atoms with E-state index in [9.17, 15) is 0 Å². The third-order valence-electron chi connectivity index (χ3n) is 5.62. The molecule has 1 aliphatic carbocycles. The van der Waals surface area contributed by atoms with E-state index in [1.165, 1.54) is 64.6 Å². The van der Waals surface area contributed by atoms with Gasteiger partial charge in [0.05, 0.1) is 0 Å². The highest BCUT2D eigenvalue weighted by molar-refractivity contribution is 4.92. The van der Waals surface area contributed by atoms with Crippen molar-refractivity contribution < 1.29 is 0 Å². The average Bonchev–Trinajstić information content (AvgIpc) is 2.98. The van der Waals surface area contributed by atoms with Crippen LogP contribution in [0.1, 0.15) is 58.8 Å². The topological polar surface area (TPSA) is 15.3 Å². The summed E-state index contributed by atoms with van der Waals surface area (Å²) >= 11 is 0. The molecule has 2 aliphatic heterocycles. The van der Waals surface area contributed by atoms with Crippen LogP contribution < -0.4 is 5.32 Å². The molecule has 3 fully saturated rings. The molecule has 2 heteroatoms. The molecule has 0 aromatic rings. The summed E-state index contributed by atoms with van der Waals surface area (Å²) in [6.45, 7) is 8.90. The summed E-state index contributed by atoms with van der Waals surface area (Å²) in [5.74, 6) is 0.935. The molecule has 0 aromatic carbocycles. The zero-order valence-corrected chi connectivity index (χ0v) is 12.3. The standard InChI is InChI=1S/C16H30N2/c1-16(2)8-7-14(11-16)18-10-4-5-13(12-18)15-6-3-9-17-15/h13-15,17H,3-12H2,1-2H3. The van der Waals surface area contributed by atoms with Gasteiger partial charge in [0.25, 0.3) is 0 Å². The van der Waals surface area contributed by atoms with Crippen molar-refractivity contribution in [3.8, 4) is 0 Å². The molecule has 2 saturated heterocycles. The van der Waals surface area contributed by atoms with Crippen molar-refractivity contribution in [1.82, 2.24) is 10.2 Å². The van der Waals surface area contributed by atoms with E-state index in [2.05, 4.69) is 24.1 Å². The third kappa shape index (κ3) is 2.75. The SMILES string of the molecule is CC1(C)CCC(N2CCCC(C3CCCN3)C2)C1. The number of hydrogen-bond donors (Lipinski definition) is 1. The van der Waals surface area contributed by atoms with Crippen LogP contribution in [0.3, 0.4) is 0 Å². The number of piperidine rings is 1. The van der Waals surface area contributed by atoms with Gasteiger partial charge in [0, 0.05) is 18.6 Å². The molecule has 1 saturated carbocycles. The molecule has 0 aromatic heterocycles. The highest BCUT2D eigenvalue weighted by Crippen LogP contribution is 2.40. The predicted molar refractivity (Wildman–Crippen MR) is 76.7 cm³/mol. The molecule has 1 N–H and O–H groups in total. The third-order valence-corrected chi connectivity index (χ3v) is 5.62. The second kappa shape index (κ2) is 5.13. The molecule has 3 atom stereocenters. The largest absolute Gasteiger partial charge is 0.314 e. The Kier molecular flexibility index (Phi) is 3.68. The van der Waals surface area contributed by atoms with Gasteiger partial charge in [0.2, 0.25) is 0 Å². The Morgan fingerprint density at radius 2 is 2.00 bits per heavy atom. The summed E-state index contributed by atoms with van der Waals surface area (Å²) in [7, 11) is 0. The van der Waals surface area contributed by atoms with Crippen LogP contribution in [0.15, 0.2) is 0 Å². The maximum atomic E-state index is 3.73. The number of likely N-dealkylation sites (tertiary alicyclic amines) is 1. The zero-order chi connectivity index (χ0) is 12.6. The van der Waals surface area contributed by atoms with Gasteiger partial charge in [0.1, 0.15) is 0 Å². The van der Waals surface area contributed by atoms with E-state index in [-0.39, 0.29) is 0 Å². The van der Waals surface area contributed by atoms with Gasteiger partial charge in [-0.05, 0) is 69.4 Å². The first-order valence-corrected chi connectivity index (χ1v) is 8.11. The minimum Gasteiger partial charge on any atom is -0.314 e. The number of nitrogens with one attached hydrogen (secondary N) is 1. The lowest BCUT2D eigenvalue weighted by Crippen LogP contribution is -2.47. The predicted octanol–water partition coefficient (Wildman–Crippen LogP) is 3.03. The lowest BCUT2D eigenvalue weighted by molar-refractivity contribution is 0.104. The first kappa shape index (κ1) is 12.9. The minimum absolute atomic E-state index is 0.600. The van der Waals surface area contributed by atoms with Crippen LogP contribution in [-0.2, 0) is 0 Å². The van der Waals surface area contributed by atoms with E-state index in [0.717, 1.165) is 18.0 Å². The van der Waals surface area contributed by atoms with E-state index < -0.39 is 0 Å². The highest BCUT2D eigenvalue weighted by Gasteiger charge is 2.37. The molecular formula is C16H30N2. The Hall–Kier alpha value is -0.0800. The van der Waals surface area contributed by atoms with Gasteiger partial charge in [-0.2, -0.15) is 0 Å². The van der Waals surface area contributed by atoms with Gasteiger partial charge in [0.15, 0.2) is 0 Å². The van der Waals surface area contributed by atoms with Crippen molar-refractivity contribution in [2.45, 2.75) is 70.9 Å². The van der Waals surface area contributed by atoms with Crippen molar-refractivity contribution in [2.75, 3.05) is 19.6 Å². The number of nitrogens with zero attached hydrogens (tertiary/aromatic N) is 1. The van der Waals surface area contributed by atoms with Crippen molar-refractivity contribution in [1.29, 1.82) is 0 Å². The monoisotopic (exact) mass is 250 g/mol. The van der Waals surface area contributed by atoms with Crippen molar-refractivity contribution in [3.05, 3.63) is 0 Å². The van der Waals surface area contributed by atoms with Crippen LogP contribution >= 0.6 is 0 Å². The highest BCUT2D eigenvalue weighted by atomic mass is 15.2. The Bertz CT molecular complexity index is 281. The Morgan fingerprint density at radius 1 is 1.11 bits per heavy atom. The van der Waals surface area contributed by atoms with Crippen LogP contribution in [-0.4, -0.2) is 36.6 Å². The summed E-state index contributed by atoms with van der Waals surface area (Å²) in [4.78, 5) is 2.84. The van der Waals surface area contributed by atoms with Gasteiger partial charge in [-0.3, -0.25) is 0 Å². The molecule has 3 rings (SSSR count). The summed E-state index contributed by atoms with van der Waals surface area (Å²) in [5.41, 5.74) is 0.600. The summed E-state index contributed by atoms with van der Waals surface area (Å²) in [6.07, 6.45) is 10.0. The van der Waals surface area contributed by atoms with E-state index in [1.54, 1.807) is 0 Å². The molecule has 0 spiro atoms. The van der Waals surface area contributed by atoms with E-state index in [1.807, 2.05) is 0 Å². The maximum absolute atomic E-state index is 3.73. The smallest absolute Gasteiger partial charge is 0.0108 e. The summed E-state index contributed by atoms with van der Waals surface area (Å²) < 4.78 is 0. The van der Waals surface area contributed by atoms with Gasteiger partial charge in [-0.1, -0.05) is 13.8 Å². The van der Waals surface area contributed by atoms with Crippen molar-refractivity contribution in [2.24, 2.45) is 11.3 Å². The van der Waals surface area contributed by atoms with Gasteiger partial charge in [-0.15, -0.1) is 0 Å². The molecule has 104 valence electrons. The van der Waals surface area contributed by atoms with Gasteiger partial charge >= 0.3 is 0 Å². The first-order valence-electron chi connectivity index (χ1n) is 8.11. The fourth-order valence-corrected chi connectivity index (χ4v) is 4.53. The van der Waals surface area contributed by atoms with Gasteiger partial charge < -0.3 is 10.2 Å². The lowest BCUT2D eigenvalue weighted by Gasteiger charge is -2.39. The fraction of sp³-hybridized carbons (Fsp3) is 1.00. The Balaban J connectivity index is 1.57. The maximum Gasteiger partial charge on any atom is 0.0108 e. The molecule has 2 heterocycles. The minimum atomic E-state index is 0.600. The average molecular weight is 250 g/mol. The van der Waals surface area contributed by atoms with Crippen molar-refractivity contribution >= 4 is 0 Å². The molecule has 3 aliphatic rings. The fourth-order valence-electron chi connectivity index (χ4n) is 4.53. The van der Waals surface area contributed by atoms with E-state index in [4.69, 9.17) is 0 Å². The molecule has 18 heavy (non-hydrogen) atoms. The lowest BCUT2D eigenvalue weighted by atomic mass is 9.88. The van der Waals surface area contributed by atoms with Crippen molar-refractivity contribution in [3.63, 3.8) is 0 Å². The normalized spacial score (nSPS) is 41.3. The molecular weight excluding hydrogens is 220 g/mol. The Morgan fingerprint density at radius 3 is 2.67 bits per heavy atom. The van der Waals surface area contributed by atoms with E-state index in [0.29, 0.717) is 5.41 Å². The summed E-state index contributed by atoms with van der Waals surface area (Å²) in [5, 5.41) is 3.73. The molecule has 0 bridgehead atoms. The Labute approximate surface area is 113 Å². The quantitative estimate of drug-likeness (QED) is 0.810. The van der Waals surface area contributed by atoms with Crippen LogP contribution in [0.2, 0.25) is 0 Å². The van der Waals surface area contributed by atoms with Crippen LogP contribution in [0.5, 0.6) is 0 Å². The molecule has 2 nitrogen and oxygen atoms in total. The van der Waals surface area contributed by atoms with Crippen LogP contribution in [0.25, 0.3) is 0 Å². The molecule has 0 radical (unpaired) electrons. The number of rotatable bonds is 2. The second-order valence-corrected chi connectivity index (χ2v) is 7.66. The number of hydrogen-bond acceptors (Lipinski definition) is 2. The van der Waals surface area contributed by atoms with Crippen LogP contribution in [0.4, 0.5) is 0 Å². The van der Waals surface area contributed by atoms with Crippen LogP contribution in [0, 0.1) is 11.3 Å². The summed E-state index contributed by atoms with van der Waals surface area (Å²) in [6, 6.07) is 1.73. The molecule has 0 amide bonds.